The van der Waals surface area contributed by atoms with Gasteiger partial charge in [-0.2, -0.15) is 5.26 Å². The molecule has 0 bridgehead atoms. The minimum Gasteiger partial charge on any atom is -0.489 e. The van der Waals surface area contributed by atoms with Crippen molar-refractivity contribution >= 4 is 28.3 Å². The van der Waals surface area contributed by atoms with E-state index in [0.717, 1.165) is 19.2 Å². The first kappa shape index (κ1) is 28.7. The molecule has 1 fully saturated rings. The van der Waals surface area contributed by atoms with Crippen molar-refractivity contribution in [1.29, 1.82) is 5.26 Å². The van der Waals surface area contributed by atoms with E-state index in [1.807, 2.05) is 0 Å². The van der Waals surface area contributed by atoms with Crippen LogP contribution in [0.15, 0.2) is 66.9 Å². The molecule has 1 unspecified atom stereocenters. The van der Waals surface area contributed by atoms with Crippen LogP contribution in [0.3, 0.4) is 0 Å². The number of benzene rings is 3. The van der Waals surface area contributed by atoms with E-state index in [9.17, 15) is 23.9 Å². The topological polar surface area (TPSA) is 129 Å². The number of nitriles is 1. The molecular formula is C30H27F2N5O5. The van der Waals surface area contributed by atoms with Gasteiger partial charge in [-0.1, -0.05) is 0 Å². The molecule has 3 N–H and O–H groups in total. The molecule has 2 heterocycles. The average molecular weight is 576 g/mol. The third-order valence-electron chi connectivity index (χ3n) is 6.45. The number of fused-ring (bicyclic) bond motifs is 1. The Morgan fingerprint density at radius 1 is 1.07 bits per heavy atom. The van der Waals surface area contributed by atoms with E-state index in [4.69, 9.17) is 14.2 Å². The zero-order valence-corrected chi connectivity index (χ0v) is 22.3. The Balaban J connectivity index is 1.26. The Hall–Kier alpha value is -4.83. The van der Waals surface area contributed by atoms with Crippen LogP contribution in [0.5, 0.6) is 17.2 Å². The van der Waals surface area contributed by atoms with Gasteiger partial charge < -0.3 is 30.0 Å². The molecule has 10 nitrogen and oxygen atoms in total. The van der Waals surface area contributed by atoms with Crippen LogP contribution in [0.2, 0.25) is 0 Å². The second-order valence-electron chi connectivity index (χ2n) is 9.49. The van der Waals surface area contributed by atoms with Gasteiger partial charge in [-0.3, -0.25) is 9.88 Å². The maximum Gasteiger partial charge on any atom is 0.323 e. The minimum atomic E-state index is -0.755. The molecule has 1 aliphatic heterocycles. The highest BCUT2D eigenvalue weighted by molar-refractivity contribution is 5.99. The van der Waals surface area contributed by atoms with Crippen LogP contribution in [-0.2, 0) is 4.74 Å². The quantitative estimate of drug-likeness (QED) is 0.257. The van der Waals surface area contributed by atoms with Gasteiger partial charge in [0.15, 0.2) is 0 Å². The van der Waals surface area contributed by atoms with Gasteiger partial charge in [0, 0.05) is 49.0 Å². The molecule has 1 saturated heterocycles. The summed E-state index contributed by atoms with van der Waals surface area (Å²) >= 11 is 0. The number of aliphatic hydroxyl groups is 1. The van der Waals surface area contributed by atoms with Gasteiger partial charge in [0.25, 0.3) is 0 Å². The summed E-state index contributed by atoms with van der Waals surface area (Å²) in [6, 6.07) is 15.2. The van der Waals surface area contributed by atoms with Crippen LogP contribution in [0.1, 0.15) is 5.56 Å². The summed E-state index contributed by atoms with van der Waals surface area (Å²) in [6.07, 6.45) is 0.752. The molecule has 3 aromatic carbocycles. The number of aliphatic hydroxyl groups excluding tert-OH is 1. The van der Waals surface area contributed by atoms with Crippen molar-refractivity contribution in [2.75, 3.05) is 50.1 Å². The molecule has 0 radical (unpaired) electrons. The van der Waals surface area contributed by atoms with E-state index in [2.05, 4.69) is 26.6 Å². The maximum absolute atomic E-state index is 14.8. The van der Waals surface area contributed by atoms with Gasteiger partial charge in [-0.25, -0.2) is 13.6 Å². The number of morpholine rings is 1. The Morgan fingerprint density at radius 2 is 1.86 bits per heavy atom. The van der Waals surface area contributed by atoms with Crippen molar-refractivity contribution in [2.45, 2.75) is 6.10 Å². The molecule has 42 heavy (non-hydrogen) atoms. The molecule has 12 heteroatoms. The Bertz CT molecular complexity index is 1610. The Morgan fingerprint density at radius 3 is 2.60 bits per heavy atom. The molecule has 216 valence electrons. The number of nitrogens with zero attached hydrogens (tertiary/aromatic N) is 3. The lowest BCUT2D eigenvalue weighted by Gasteiger charge is -2.28. The number of carbonyl (C=O) groups excluding carboxylic acids is 1. The summed E-state index contributed by atoms with van der Waals surface area (Å²) in [6.45, 7) is 3.14. The number of carbonyl (C=O) groups is 1. The summed E-state index contributed by atoms with van der Waals surface area (Å²) < 4.78 is 44.9. The van der Waals surface area contributed by atoms with E-state index < -0.39 is 23.8 Å². The minimum absolute atomic E-state index is 0.00465. The van der Waals surface area contributed by atoms with E-state index in [0.29, 0.717) is 42.1 Å². The molecule has 4 aromatic rings. The van der Waals surface area contributed by atoms with Crippen molar-refractivity contribution in [2.24, 2.45) is 0 Å². The first-order valence-corrected chi connectivity index (χ1v) is 13.1. The van der Waals surface area contributed by atoms with Crippen molar-refractivity contribution in [3.8, 4) is 23.3 Å². The number of anilines is 2. The molecule has 1 aliphatic rings. The molecule has 1 atom stereocenters. The predicted octanol–water partition coefficient (Wildman–Crippen LogP) is 4.89. The van der Waals surface area contributed by atoms with E-state index in [1.165, 1.54) is 42.6 Å². The van der Waals surface area contributed by atoms with Crippen molar-refractivity contribution in [1.82, 2.24) is 9.88 Å². The highest BCUT2D eigenvalue weighted by Crippen LogP contribution is 2.34. The zero-order chi connectivity index (χ0) is 29.5. The number of nitrogens with one attached hydrogen (secondary N) is 2. The second-order valence-corrected chi connectivity index (χ2v) is 9.49. The van der Waals surface area contributed by atoms with E-state index in [1.54, 1.807) is 18.2 Å². The number of halogens is 2. The van der Waals surface area contributed by atoms with Gasteiger partial charge in [0.05, 0.1) is 30.0 Å². The van der Waals surface area contributed by atoms with Crippen LogP contribution in [0.25, 0.3) is 10.9 Å². The Kier molecular flexibility index (Phi) is 9.03. The van der Waals surface area contributed by atoms with Gasteiger partial charge in [0.1, 0.15) is 47.7 Å². The number of pyridine rings is 1. The van der Waals surface area contributed by atoms with Crippen LogP contribution in [0.4, 0.5) is 25.0 Å². The number of amides is 2. The fraction of sp³-hybridized carbons (Fsp3) is 0.233. The zero-order valence-electron chi connectivity index (χ0n) is 22.3. The maximum atomic E-state index is 14.8. The van der Waals surface area contributed by atoms with Crippen LogP contribution in [-0.4, -0.2) is 66.6 Å². The number of hydrogen-bond acceptors (Lipinski definition) is 8. The fourth-order valence-electron chi connectivity index (χ4n) is 4.37. The largest absolute Gasteiger partial charge is 0.489 e. The molecule has 0 aliphatic carbocycles. The fourth-order valence-corrected chi connectivity index (χ4v) is 4.37. The predicted molar refractivity (Wildman–Crippen MR) is 151 cm³/mol. The first-order chi connectivity index (χ1) is 20.4. The average Bonchev–Trinajstić information content (AvgIpc) is 2.99. The first-order valence-electron chi connectivity index (χ1n) is 13.1. The monoisotopic (exact) mass is 575 g/mol. The van der Waals surface area contributed by atoms with Crippen molar-refractivity contribution < 1.29 is 32.9 Å². The number of hydrogen-bond donors (Lipinski definition) is 3. The van der Waals surface area contributed by atoms with Crippen molar-refractivity contribution in [3.63, 3.8) is 0 Å². The number of ether oxygens (including phenoxy) is 3. The van der Waals surface area contributed by atoms with E-state index >= 15 is 0 Å². The molecular weight excluding hydrogens is 548 g/mol. The smallest absolute Gasteiger partial charge is 0.323 e. The highest BCUT2D eigenvalue weighted by Gasteiger charge is 2.18. The van der Waals surface area contributed by atoms with E-state index in [-0.39, 0.29) is 29.4 Å². The summed E-state index contributed by atoms with van der Waals surface area (Å²) in [4.78, 5) is 18.7. The van der Waals surface area contributed by atoms with Crippen LogP contribution >= 0.6 is 0 Å². The van der Waals surface area contributed by atoms with Crippen LogP contribution in [0, 0.1) is 23.0 Å². The number of rotatable bonds is 9. The van der Waals surface area contributed by atoms with Gasteiger partial charge in [-0.15, -0.1) is 0 Å². The second kappa shape index (κ2) is 13.2. The third-order valence-corrected chi connectivity index (χ3v) is 6.45. The lowest BCUT2D eigenvalue weighted by atomic mass is 10.1. The summed E-state index contributed by atoms with van der Waals surface area (Å²) in [5.74, 6) is -0.448. The number of urea groups is 1. The lowest BCUT2D eigenvalue weighted by molar-refractivity contribution is 0.00464. The molecule has 0 saturated carbocycles. The number of aromatic nitrogens is 1. The summed E-state index contributed by atoms with van der Waals surface area (Å²) in [7, 11) is 0. The summed E-state index contributed by atoms with van der Waals surface area (Å²) in [5.41, 5.74) is 0.941. The molecule has 2 amide bonds. The normalized spacial score (nSPS) is 14.1. The van der Waals surface area contributed by atoms with Crippen LogP contribution < -0.4 is 20.1 Å². The molecule has 0 spiro atoms. The highest BCUT2D eigenvalue weighted by atomic mass is 19.1. The number of β-amino-alcohol motifs (C(OH)–C–C–N with tert-alkyl or cyclic N) is 1. The molecule has 5 rings (SSSR count). The molecule has 1 aromatic heterocycles. The van der Waals surface area contributed by atoms with Gasteiger partial charge in [-0.05, 0) is 48.5 Å². The van der Waals surface area contributed by atoms with Gasteiger partial charge >= 0.3 is 6.03 Å². The summed E-state index contributed by atoms with van der Waals surface area (Å²) in [5, 5.41) is 25.5. The third kappa shape index (κ3) is 7.27. The Labute approximate surface area is 240 Å². The SMILES string of the molecule is N#Cc1cc2c(Oc3ccc(NC(=O)Nc4ccc(F)cc4)c(F)c3)ccnc2cc1OCC(O)CN1CCOCC1. The lowest BCUT2D eigenvalue weighted by Crippen LogP contribution is -2.42. The standard InChI is InChI=1S/C30H27F2N5O5/c31-20-1-3-21(4-2-20)35-30(39)36-26-6-5-23(14-25(26)32)42-28-7-8-34-27-15-29(19(16-33)13-24(27)28)41-18-22(38)17-37-9-11-40-12-10-37/h1-8,13-15,22,38H,9-12,17-18H2,(H2,35,36,39). The van der Waals surface area contributed by atoms with Gasteiger partial charge in [0.2, 0.25) is 0 Å². The van der Waals surface area contributed by atoms with Crippen molar-refractivity contribution in [3.05, 3.63) is 84.1 Å².